The van der Waals surface area contributed by atoms with E-state index in [9.17, 15) is 24.2 Å². The molecule has 0 fully saturated rings. The second kappa shape index (κ2) is 49.3. The molecule has 0 spiro atoms. The summed E-state index contributed by atoms with van der Waals surface area (Å²) in [6.45, 7) is 2.25. The Labute approximate surface area is 397 Å². The molecule has 3 unspecified atom stereocenters. The molecule has 65 heavy (non-hydrogen) atoms. The van der Waals surface area contributed by atoms with Crippen LogP contribution < -0.4 is 0 Å². The number of aliphatic hydroxyl groups excluding tert-OH is 2. The molecule has 0 aliphatic carbocycles. The summed E-state index contributed by atoms with van der Waals surface area (Å²) < 4.78 is 32.9. The highest BCUT2D eigenvalue weighted by atomic mass is 31.2. The van der Waals surface area contributed by atoms with Gasteiger partial charge in [0.15, 0.2) is 6.10 Å². The molecular weight excluding hydrogens is 840 g/mol. The first-order chi connectivity index (χ1) is 31.7. The van der Waals surface area contributed by atoms with Crippen LogP contribution >= 0.6 is 7.82 Å². The zero-order valence-corrected chi connectivity index (χ0v) is 42.1. The number of phosphoric ester groups is 1. The van der Waals surface area contributed by atoms with E-state index in [-0.39, 0.29) is 19.4 Å². The third kappa shape index (κ3) is 49.1. The van der Waals surface area contributed by atoms with Crippen LogP contribution in [-0.2, 0) is 32.7 Å². The Balaban J connectivity index is 4.19. The van der Waals surface area contributed by atoms with Gasteiger partial charge < -0.3 is 24.6 Å². The van der Waals surface area contributed by atoms with E-state index in [1.165, 1.54) is 96.3 Å². The first-order valence-corrected chi connectivity index (χ1v) is 27.4. The van der Waals surface area contributed by atoms with Gasteiger partial charge >= 0.3 is 19.8 Å². The largest absolute Gasteiger partial charge is 0.472 e. The van der Waals surface area contributed by atoms with Crippen LogP contribution in [0.3, 0.4) is 0 Å². The number of carbonyl (C=O) groups excluding carboxylic acids is 2. The molecule has 10 nitrogen and oxygen atoms in total. The number of hydrogen-bond donors (Lipinski definition) is 3. The molecule has 0 saturated heterocycles. The number of phosphoric acid groups is 1. The van der Waals surface area contributed by atoms with E-state index in [0.29, 0.717) is 12.8 Å². The molecule has 0 aliphatic heterocycles. The number of ether oxygens (including phenoxy) is 2. The standard InChI is InChI=1S/C54H95O10P/c1-3-5-7-9-11-13-15-17-19-21-23-24-25-26-28-30-32-34-36-38-40-42-44-46-54(58)64-52(50-63-65(59,60)62-48-51(56)47-55)49-61-53(57)45-43-41-39-37-35-33-31-29-27-22-20-18-16-14-12-10-8-6-4-2/h5,7,11-14,17-20,23-24,51-52,55-56H,3-4,6,8-10,15-16,21-22,25-50H2,1-2H3,(H,59,60)/b7-5-,13-11-,14-12-,19-17-,20-18-,24-23-. The Bertz CT molecular complexity index is 1310. The molecule has 0 aromatic heterocycles. The Morgan fingerprint density at radius 1 is 0.477 bits per heavy atom. The zero-order chi connectivity index (χ0) is 47.6. The van der Waals surface area contributed by atoms with E-state index in [4.69, 9.17) is 23.6 Å². The van der Waals surface area contributed by atoms with Crippen LogP contribution in [-0.4, -0.2) is 65.7 Å². The number of esters is 2. The van der Waals surface area contributed by atoms with Crippen LogP contribution in [0.15, 0.2) is 72.9 Å². The summed E-state index contributed by atoms with van der Waals surface area (Å²) in [6.07, 6.45) is 58.6. The Morgan fingerprint density at radius 2 is 0.846 bits per heavy atom. The van der Waals surface area contributed by atoms with Crippen molar-refractivity contribution >= 4 is 19.8 Å². The predicted molar refractivity (Wildman–Crippen MR) is 270 cm³/mol. The fraction of sp³-hybridized carbons (Fsp3) is 0.741. The predicted octanol–water partition coefficient (Wildman–Crippen LogP) is 14.8. The average Bonchev–Trinajstić information content (AvgIpc) is 3.30. The molecule has 0 amide bonds. The van der Waals surface area contributed by atoms with Crippen molar-refractivity contribution < 1.29 is 47.8 Å². The molecule has 0 aromatic rings. The molecule has 0 bridgehead atoms. The molecular formula is C54H95O10P. The smallest absolute Gasteiger partial charge is 0.462 e. The molecule has 3 N–H and O–H groups in total. The van der Waals surface area contributed by atoms with E-state index in [1.54, 1.807) is 0 Å². The molecule has 0 radical (unpaired) electrons. The Hall–Kier alpha value is -2.59. The molecule has 3 atom stereocenters. The number of carbonyl (C=O) groups is 2. The maximum absolute atomic E-state index is 12.7. The van der Waals surface area contributed by atoms with Gasteiger partial charge in [0.05, 0.1) is 19.8 Å². The zero-order valence-electron chi connectivity index (χ0n) is 41.2. The van der Waals surface area contributed by atoms with Crippen molar-refractivity contribution in [2.75, 3.05) is 26.4 Å². The van der Waals surface area contributed by atoms with Crippen molar-refractivity contribution in [3.63, 3.8) is 0 Å². The highest BCUT2D eigenvalue weighted by Gasteiger charge is 2.27. The Kier molecular flexibility index (Phi) is 47.4. The average molecular weight is 935 g/mol. The van der Waals surface area contributed by atoms with Gasteiger partial charge in [0.2, 0.25) is 0 Å². The van der Waals surface area contributed by atoms with Gasteiger partial charge in [0, 0.05) is 12.8 Å². The molecule has 0 aliphatic rings. The van der Waals surface area contributed by atoms with Gasteiger partial charge in [-0.15, -0.1) is 0 Å². The van der Waals surface area contributed by atoms with Crippen LogP contribution in [0, 0.1) is 0 Å². The number of hydrogen-bond acceptors (Lipinski definition) is 9. The van der Waals surface area contributed by atoms with Crippen LogP contribution in [0.4, 0.5) is 0 Å². The van der Waals surface area contributed by atoms with Crippen molar-refractivity contribution in [2.45, 2.75) is 232 Å². The monoisotopic (exact) mass is 935 g/mol. The van der Waals surface area contributed by atoms with Crippen LogP contribution in [0.25, 0.3) is 0 Å². The Morgan fingerprint density at radius 3 is 1.28 bits per heavy atom. The van der Waals surface area contributed by atoms with E-state index >= 15 is 0 Å². The lowest BCUT2D eigenvalue weighted by molar-refractivity contribution is -0.161. The lowest BCUT2D eigenvalue weighted by Crippen LogP contribution is -2.29. The minimum atomic E-state index is -4.63. The van der Waals surface area contributed by atoms with Gasteiger partial charge in [-0.3, -0.25) is 18.6 Å². The summed E-state index contributed by atoms with van der Waals surface area (Å²) in [4.78, 5) is 35.2. The summed E-state index contributed by atoms with van der Waals surface area (Å²) in [5.41, 5.74) is 0. The van der Waals surface area contributed by atoms with E-state index < -0.39 is 51.8 Å². The summed E-state index contributed by atoms with van der Waals surface area (Å²) in [5.74, 6) is -0.933. The van der Waals surface area contributed by atoms with Gasteiger partial charge in [-0.2, -0.15) is 0 Å². The van der Waals surface area contributed by atoms with Crippen molar-refractivity contribution in [3.05, 3.63) is 72.9 Å². The molecule has 0 saturated carbocycles. The summed E-state index contributed by atoms with van der Waals surface area (Å²) >= 11 is 0. The van der Waals surface area contributed by atoms with Gasteiger partial charge in [0.25, 0.3) is 0 Å². The molecule has 0 aromatic carbocycles. The van der Waals surface area contributed by atoms with E-state index in [1.807, 2.05) is 0 Å². The molecule has 0 rings (SSSR count). The summed E-state index contributed by atoms with van der Waals surface area (Å²) in [5, 5.41) is 18.4. The van der Waals surface area contributed by atoms with E-state index in [2.05, 4.69) is 86.8 Å². The second-order valence-electron chi connectivity index (χ2n) is 17.2. The van der Waals surface area contributed by atoms with Gasteiger partial charge in [0.1, 0.15) is 12.7 Å². The van der Waals surface area contributed by atoms with Crippen molar-refractivity contribution in [3.8, 4) is 0 Å². The fourth-order valence-electron chi connectivity index (χ4n) is 6.90. The van der Waals surface area contributed by atoms with Crippen LogP contribution in [0.1, 0.15) is 219 Å². The van der Waals surface area contributed by atoms with Gasteiger partial charge in [-0.25, -0.2) is 4.57 Å². The maximum atomic E-state index is 12.7. The normalized spacial score (nSPS) is 14.2. The lowest BCUT2D eigenvalue weighted by atomic mass is 10.0. The first-order valence-electron chi connectivity index (χ1n) is 25.9. The van der Waals surface area contributed by atoms with Crippen molar-refractivity contribution in [1.82, 2.24) is 0 Å². The van der Waals surface area contributed by atoms with Crippen molar-refractivity contribution in [1.29, 1.82) is 0 Å². The first kappa shape index (κ1) is 62.4. The molecule has 0 heterocycles. The van der Waals surface area contributed by atoms with Crippen LogP contribution in [0.2, 0.25) is 0 Å². The molecule has 376 valence electrons. The second-order valence-corrected chi connectivity index (χ2v) is 18.6. The van der Waals surface area contributed by atoms with Crippen molar-refractivity contribution in [2.24, 2.45) is 0 Å². The van der Waals surface area contributed by atoms with E-state index in [0.717, 1.165) is 83.5 Å². The quantitative estimate of drug-likeness (QED) is 0.0233. The highest BCUT2D eigenvalue weighted by Crippen LogP contribution is 2.43. The summed E-state index contributed by atoms with van der Waals surface area (Å²) in [7, 11) is -4.63. The van der Waals surface area contributed by atoms with Gasteiger partial charge in [-0.05, 0) is 83.5 Å². The van der Waals surface area contributed by atoms with Gasteiger partial charge in [-0.1, -0.05) is 196 Å². The minimum absolute atomic E-state index is 0.175. The number of rotatable bonds is 48. The SMILES string of the molecule is CC/C=C\C/C=C\C/C=C\C/C=C\CCCCCCCCCCCCC(=O)OC(COC(=O)CCCCCCCCCCC/C=C\C/C=C\CCCCC)COP(=O)(O)OCC(O)CO. The number of aliphatic hydroxyl groups is 2. The third-order valence-electron chi connectivity index (χ3n) is 10.8. The topological polar surface area (TPSA) is 149 Å². The third-order valence-corrected chi connectivity index (χ3v) is 11.8. The maximum Gasteiger partial charge on any atom is 0.472 e. The molecule has 11 heteroatoms. The fourth-order valence-corrected chi connectivity index (χ4v) is 7.69. The summed E-state index contributed by atoms with van der Waals surface area (Å²) in [6, 6.07) is 0. The lowest BCUT2D eigenvalue weighted by Gasteiger charge is -2.20. The number of unbranched alkanes of at least 4 members (excludes halogenated alkanes) is 22. The number of allylic oxidation sites excluding steroid dienone is 12. The minimum Gasteiger partial charge on any atom is -0.462 e. The van der Waals surface area contributed by atoms with Crippen LogP contribution in [0.5, 0.6) is 0 Å². The highest BCUT2D eigenvalue weighted by molar-refractivity contribution is 7.47.